The summed E-state index contributed by atoms with van der Waals surface area (Å²) < 4.78 is 0. The predicted octanol–water partition coefficient (Wildman–Crippen LogP) is 1.97. The van der Waals surface area contributed by atoms with Gasteiger partial charge in [-0.1, -0.05) is 40.5 Å². The number of hydrogen-bond acceptors (Lipinski definition) is 4. The molecule has 3 N–H and O–H groups in total. The minimum Gasteiger partial charge on any atom is -0.381 e. The number of aliphatic hydroxyl groups is 1. The molecule has 30 heavy (non-hydrogen) atoms. The maximum Gasteiger partial charge on any atom is 0.251 e. The molecular weight excluding hydrogens is 382 g/mol. The van der Waals surface area contributed by atoms with Gasteiger partial charge in [-0.05, 0) is 49.4 Å². The molecular formula is C23H39N3O4. The summed E-state index contributed by atoms with van der Waals surface area (Å²) in [5, 5.41) is 16.4. The highest BCUT2D eigenvalue weighted by molar-refractivity contribution is 5.90. The number of likely N-dealkylation sites (tertiary alicyclic amines) is 1. The zero-order chi connectivity index (χ0) is 22.1. The van der Waals surface area contributed by atoms with Crippen LogP contribution in [0.1, 0.15) is 79.1 Å². The zero-order valence-electron chi connectivity index (χ0n) is 18.9. The Morgan fingerprint density at radius 2 is 1.83 bits per heavy atom. The SMILES string of the molecule is CCC[C@H](NC(=O)[C@@H]1[C@H]2CCC[C@H]2CN1C(=O)CC(C)(C)C)C(O)C(=O)NC1CC1. The third-order valence-corrected chi connectivity index (χ3v) is 6.66. The Labute approximate surface area is 180 Å². The van der Waals surface area contributed by atoms with E-state index in [0.29, 0.717) is 25.3 Å². The van der Waals surface area contributed by atoms with Crippen molar-refractivity contribution in [2.24, 2.45) is 17.3 Å². The standard InChI is InChI=1S/C23H39N3O4/c1-5-7-17(20(28)22(30)24-15-10-11-15)25-21(29)19-16-9-6-8-14(16)13-26(19)18(27)12-23(2,3)4/h14-17,19-20,28H,5-13H2,1-4H3,(H,24,30)(H,25,29)/t14-,16-,17-,19-,20?/m0/s1. The molecule has 5 atom stereocenters. The van der Waals surface area contributed by atoms with Crippen LogP contribution in [0.15, 0.2) is 0 Å². The number of carbonyl (C=O) groups is 3. The van der Waals surface area contributed by atoms with Gasteiger partial charge in [0.1, 0.15) is 6.04 Å². The fourth-order valence-electron chi connectivity index (χ4n) is 5.04. The first-order valence-electron chi connectivity index (χ1n) is 11.7. The summed E-state index contributed by atoms with van der Waals surface area (Å²) in [5.74, 6) is -0.0624. The molecule has 1 unspecified atom stereocenters. The van der Waals surface area contributed by atoms with E-state index in [2.05, 4.69) is 10.6 Å². The monoisotopic (exact) mass is 421 g/mol. The molecule has 0 aromatic carbocycles. The number of rotatable bonds is 8. The fourth-order valence-corrected chi connectivity index (χ4v) is 5.04. The normalized spacial score (nSPS) is 28.0. The van der Waals surface area contributed by atoms with E-state index < -0.39 is 24.1 Å². The predicted molar refractivity (Wildman–Crippen MR) is 114 cm³/mol. The Kier molecular flexibility index (Phi) is 7.10. The molecule has 7 heteroatoms. The molecule has 0 spiro atoms. The first-order valence-corrected chi connectivity index (χ1v) is 11.7. The molecule has 0 bridgehead atoms. The largest absolute Gasteiger partial charge is 0.381 e. The first-order chi connectivity index (χ1) is 14.1. The van der Waals surface area contributed by atoms with Crippen LogP contribution >= 0.6 is 0 Å². The molecule has 3 rings (SSSR count). The lowest BCUT2D eigenvalue weighted by molar-refractivity contribution is -0.142. The molecule has 0 aromatic heterocycles. The second kappa shape index (κ2) is 9.25. The second-order valence-electron chi connectivity index (χ2n) is 10.7. The van der Waals surface area contributed by atoms with Crippen LogP contribution in [-0.4, -0.2) is 58.5 Å². The minimum atomic E-state index is -1.27. The summed E-state index contributed by atoms with van der Waals surface area (Å²) in [6.45, 7) is 8.70. The molecule has 2 aliphatic carbocycles. The maximum atomic E-state index is 13.4. The Balaban J connectivity index is 1.71. The summed E-state index contributed by atoms with van der Waals surface area (Å²) in [4.78, 5) is 40.5. The van der Waals surface area contributed by atoms with Gasteiger partial charge in [-0.25, -0.2) is 0 Å². The van der Waals surface area contributed by atoms with Crippen LogP contribution in [0.4, 0.5) is 0 Å². The molecule has 0 radical (unpaired) electrons. The van der Waals surface area contributed by atoms with E-state index in [1.807, 2.05) is 27.7 Å². The first kappa shape index (κ1) is 23.0. The van der Waals surface area contributed by atoms with Gasteiger partial charge in [0.15, 0.2) is 6.10 Å². The molecule has 0 aromatic rings. The lowest BCUT2D eigenvalue weighted by Crippen LogP contribution is -2.56. The van der Waals surface area contributed by atoms with E-state index in [1.165, 1.54) is 0 Å². The summed E-state index contributed by atoms with van der Waals surface area (Å²) in [5.41, 5.74) is -0.141. The van der Waals surface area contributed by atoms with Crippen LogP contribution in [0.5, 0.6) is 0 Å². The summed E-state index contributed by atoms with van der Waals surface area (Å²) >= 11 is 0. The van der Waals surface area contributed by atoms with Crippen molar-refractivity contribution in [3.63, 3.8) is 0 Å². The van der Waals surface area contributed by atoms with Gasteiger partial charge in [0.25, 0.3) is 5.91 Å². The number of amides is 3. The third-order valence-electron chi connectivity index (χ3n) is 6.66. The van der Waals surface area contributed by atoms with Crippen LogP contribution < -0.4 is 10.6 Å². The molecule has 2 saturated carbocycles. The fraction of sp³-hybridized carbons (Fsp3) is 0.870. The van der Waals surface area contributed by atoms with Crippen LogP contribution in [-0.2, 0) is 14.4 Å². The van der Waals surface area contributed by atoms with Gasteiger partial charge in [-0.15, -0.1) is 0 Å². The van der Waals surface area contributed by atoms with E-state index >= 15 is 0 Å². The van der Waals surface area contributed by atoms with Crippen LogP contribution in [0.3, 0.4) is 0 Å². The number of nitrogens with zero attached hydrogens (tertiary/aromatic N) is 1. The topological polar surface area (TPSA) is 98.7 Å². The smallest absolute Gasteiger partial charge is 0.251 e. The average molecular weight is 422 g/mol. The molecule has 1 heterocycles. The lowest BCUT2D eigenvalue weighted by atomic mass is 9.90. The van der Waals surface area contributed by atoms with Crippen molar-refractivity contribution in [3.05, 3.63) is 0 Å². The Morgan fingerprint density at radius 3 is 2.43 bits per heavy atom. The van der Waals surface area contributed by atoms with Gasteiger partial charge < -0.3 is 20.6 Å². The van der Waals surface area contributed by atoms with Crippen molar-refractivity contribution in [2.75, 3.05) is 6.54 Å². The highest BCUT2D eigenvalue weighted by atomic mass is 16.3. The van der Waals surface area contributed by atoms with Crippen LogP contribution in [0, 0.1) is 17.3 Å². The summed E-state index contributed by atoms with van der Waals surface area (Å²) in [7, 11) is 0. The highest BCUT2D eigenvalue weighted by Crippen LogP contribution is 2.43. The summed E-state index contributed by atoms with van der Waals surface area (Å²) in [6, 6.07) is -0.976. The highest BCUT2D eigenvalue weighted by Gasteiger charge is 2.50. The number of hydrogen-bond donors (Lipinski definition) is 3. The van der Waals surface area contributed by atoms with E-state index in [9.17, 15) is 19.5 Å². The number of carbonyl (C=O) groups excluding carboxylic acids is 3. The zero-order valence-corrected chi connectivity index (χ0v) is 18.9. The van der Waals surface area contributed by atoms with Gasteiger partial charge in [0.05, 0.1) is 6.04 Å². The van der Waals surface area contributed by atoms with Gasteiger partial charge in [0.2, 0.25) is 11.8 Å². The molecule has 3 aliphatic rings. The Morgan fingerprint density at radius 1 is 1.13 bits per heavy atom. The number of nitrogens with one attached hydrogen (secondary N) is 2. The molecule has 3 fully saturated rings. The average Bonchev–Trinajstić information content (AvgIpc) is 3.21. The van der Waals surface area contributed by atoms with E-state index in [4.69, 9.17) is 0 Å². The van der Waals surface area contributed by atoms with Crippen molar-refractivity contribution >= 4 is 17.7 Å². The molecule has 170 valence electrons. The van der Waals surface area contributed by atoms with Gasteiger partial charge in [0, 0.05) is 19.0 Å². The van der Waals surface area contributed by atoms with Crippen LogP contribution in [0.25, 0.3) is 0 Å². The van der Waals surface area contributed by atoms with E-state index in [1.54, 1.807) is 4.90 Å². The van der Waals surface area contributed by atoms with Crippen molar-refractivity contribution < 1.29 is 19.5 Å². The lowest BCUT2D eigenvalue weighted by Gasteiger charge is -2.32. The van der Waals surface area contributed by atoms with Gasteiger partial charge in [-0.3, -0.25) is 14.4 Å². The van der Waals surface area contributed by atoms with Crippen molar-refractivity contribution in [1.82, 2.24) is 15.5 Å². The second-order valence-corrected chi connectivity index (χ2v) is 10.7. The molecule has 7 nitrogen and oxygen atoms in total. The Bertz CT molecular complexity index is 655. The van der Waals surface area contributed by atoms with Crippen LogP contribution in [0.2, 0.25) is 0 Å². The molecule has 1 saturated heterocycles. The van der Waals surface area contributed by atoms with Crippen molar-refractivity contribution in [2.45, 2.75) is 103 Å². The molecule has 1 aliphatic heterocycles. The Hall–Kier alpha value is -1.63. The van der Waals surface area contributed by atoms with E-state index in [0.717, 1.165) is 38.5 Å². The third kappa shape index (κ3) is 5.54. The molecule has 3 amide bonds. The number of aliphatic hydroxyl groups excluding tert-OH is 1. The quantitative estimate of drug-likeness (QED) is 0.558. The minimum absolute atomic E-state index is 0.0242. The number of fused-ring (bicyclic) bond motifs is 1. The maximum absolute atomic E-state index is 13.4. The van der Waals surface area contributed by atoms with Crippen molar-refractivity contribution in [1.29, 1.82) is 0 Å². The summed E-state index contributed by atoms with van der Waals surface area (Å²) in [6.07, 6.45) is 5.37. The van der Waals surface area contributed by atoms with Gasteiger partial charge >= 0.3 is 0 Å². The van der Waals surface area contributed by atoms with Gasteiger partial charge in [-0.2, -0.15) is 0 Å². The van der Waals surface area contributed by atoms with Crippen molar-refractivity contribution in [3.8, 4) is 0 Å². The van der Waals surface area contributed by atoms with E-state index in [-0.39, 0.29) is 29.2 Å².